The van der Waals surface area contributed by atoms with Gasteiger partial charge in [-0.2, -0.15) is 0 Å². The first-order chi connectivity index (χ1) is 11.0. The van der Waals surface area contributed by atoms with Crippen molar-refractivity contribution in [1.82, 2.24) is 4.98 Å². The molecule has 1 unspecified atom stereocenters. The lowest BCUT2D eigenvalue weighted by molar-refractivity contribution is -0.125. The summed E-state index contributed by atoms with van der Waals surface area (Å²) in [6.45, 7) is 2.36. The van der Waals surface area contributed by atoms with Gasteiger partial charge in [-0.25, -0.2) is 4.98 Å². The molecule has 0 aliphatic carbocycles. The van der Waals surface area contributed by atoms with E-state index in [1.54, 1.807) is 43.3 Å². The van der Waals surface area contributed by atoms with E-state index in [9.17, 15) is 4.79 Å². The molecule has 3 rings (SSSR count). The number of nitrogens with two attached hydrogens (primary N) is 1. The highest BCUT2D eigenvalue weighted by Crippen LogP contribution is 2.32. The summed E-state index contributed by atoms with van der Waals surface area (Å²) in [5.74, 6) is 1.81. The van der Waals surface area contributed by atoms with E-state index in [1.807, 2.05) is 0 Å². The summed E-state index contributed by atoms with van der Waals surface area (Å²) in [4.78, 5) is 18.1. The summed E-state index contributed by atoms with van der Waals surface area (Å²) in [6.07, 6.45) is -0.566. The molecule has 0 spiro atoms. The smallest absolute Gasteiger partial charge is 0.269 e. The standard InChI is InChI=1S/C16H16ClN3O3/c1-10-16(21)20(15-13(23-10)6-7-14(18)19-15)8-9-22-12-4-2-11(17)3-5-12/h2-7,10H,8-9H2,1H3,(H2,18,19). The van der Waals surface area contributed by atoms with E-state index in [0.717, 1.165) is 0 Å². The van der Waals surface area contributed by atoms with Crippen LogP contribution in [0.5, 0.6) is 11.5 Å². The van der Waals surface area contributed by atoms with Gasteiger partial charge in [0.1, 0.15) is 18.2 Å². The van der Waals surface area contributed by atoms with Gasteiger partial charge >= 0.3 is 0 Å². The van der Waals surface area contributed by atoms with E-state index in [1.165, 1.54) is 4.90 Å². The Morgan fingerprint density at radius 1 is 1.30 bits per heavy atom. The first-order valence-corrected chi connectivity index (χ1v) is 7.55. The predicted octanol–water partition coefficient (Wildman–Crippen LogP) is 2.51. The van der Waals surface area contributed by atoms with Crippen molar-refractivity contribution in [3.8, 4) is 11.5 Å². The lowest BCUT2D eigenvalue weighted by atomic mass is 10.2. The van der Waals surface area contributed by atoms with Crippen LogP contribution in [0.3, 0.4) is 0 Å². The highest BCUT2D eigenvalue weighted by molar-refractivity contribution is 6.30. The third-order valence-corrected chi connectivity index (χ3v) is 3.68. The van der Waals surface area contributed by atoms with Gasteiger partial charge in [0.05, 0.1) is 6.54 Å². The zero-order valence-corrected chi connectivity index (χ0v) is 13.3. The summed E-state index contributed by atoms with van der Waals surface area (Å²) in [7, 11) is 0. The molecule has 1 aromatic heterocycles. The number of nitrogens with zero attached hydrogens (tertiary/aromatic N) is 2. The molecule has 7 heteroatoms. The normalized spacial score (nSPS) is 16.7. The van der Waals surface area contributed by atoms with Crippen LogP contribution in [0.15, 0.2) is 36.4 Å². The van der Waals surface area contributed by atoms with Crippen LogP contribution < -0.4 is 20.1 Å². The first-order valence-electron chi connectivity index (χ1n) is 7.17. The fourth-order valence-corrected chi connectivity index (χ4v) is 2.43. The van der Waals surface area contributed by atoms with Gasteiger partial charge in [0.15, 0.2) is 17.7 Å². The van der Waals surface area contributed by atoms with Crippen molar-refractivity contribution in [2.75, 3.05) is 23.8 Å². The molecule has 1 aromatic carbocycles. The number of carbonyl (C=O) groups is 1. The van der Waals surface area contributed by atoms with Crippen molar-refractivity contribution in [1.29, 1.82) is 0 Å². The maximum absolute atomic E-state index is 12.3. The minimum Gasteiger partial charge on any atom is -0.492 e. The topological polar surface area (TPSA) is 77.7 Å². The quantitative estimate of drug-likeness (QED) is 0.930. The van der Waals surface area contributed by atoms with Gasteiger partial charge < -0.3 is 15.2 Å². The van der Waals surface area contributed by atoms with E-state index in [-0.39, 0.29) is 5.91 Å². The van der Waals surface area contributed by atoms with E-state index in [4.69, 9.17) is 26.8 Å². The largest absolute Gasteiger partial charge is 0.492 e. The van der Waals surface area contributed by atoms with Gasteiger partial charge in [-0.15, -0.1) is 0 Å². The summed E-state index contributed by atoms with van der Waals surface area (Å²) >= 11 is 5.83. The van der Waals surface area contributed by atoms with Gasteiger partial charge in [0.2, 0.25) is 0 Å². The van der Waals surface area contributed by atoms with Gasteiger partial charge in [0.25, 0.3) is 5.91 Å². The number of fused-ring (bicyclic) bond motifs is 1. The number of halogens is 1. The second-order valence-electron chi connectivity index (χ2n) is 5.11. The lowest BCUT2D eigenvalue weighted by Gasteiger charge is -2.31. The fraction of sp³-hybridized carbons (Fsp3) is 0.250. The molecule has 2 aromatic rings. The van der Waals surface area contributed by atoms with Crippen LogP contribution in [0.1, 0.15) is 6.92 Å². The highest BCUT2D eigenvalue weighted by atomic mass is 35.5. The Balaban J connectivity index is 1.72. The minimum atomic E-state index is -0.566. The van der Waals surface area contributed by atoms with Gasteiger partial charge in [0, 0.05) is 5.02 Å². The van der Waals surface area contributed by atoms with E-state index >= 15 is 0 Å². The number of anilines is 2. The molecular weight excluding hydrogens is 318 g/mol. The van der Waals surface area contributed by atoms with Gasteiger partial charge in [-0.05, 0) is 43.3 Å². The van der Waals surface area contributed by atoms with Gasteiger partial charge in [-0.3, -0.25) is 9.69 Å². The van der Waals surface area contributed by atoms with Crippen molar-refractivity contribution in [3.05, 3.63) is 41.4 Å². The van der Waals surface area contributed by atoms with Crippen LogP contribution in [0.2, 0.25) is 5.02 Å². The zero-order chi connectivity index (χ0) is 16.4. The zero-order valence-electron chi connectivity index (χ0n) is 12.5. The molecule has 1 aliphatic rings. The Labute approximate surface area is 138 Å². The SMILES string of the molecule is CC1Oc2ccc(N)nc2N(CCOc2ccc(Cl)cc2)C1=O. The van der Waals surface area contributed by atoms with Crippen LogP contribution in [0.4, 0.5) is 11.6 Å². The molecule has 0 fully saturated rings. The number of rotatable bonds is 4. The summed E-state index contributed by atoms with van der Waals surface area (Å²) in [5.41, 5.74) is 5.71. The molecule has 0 saturated carbocycles. The maximum atomic E-state index is 12.3. The van der Waals surface area contributed by atoms with Crippen LogP contribution >= 0.6 is 11.6 Å². The Morgan fingerprint density at radius 3 is 2.78 bits per heavy atom. The van der Waals surface area contributed by atoms with Crippen LogP contribution in [-0.2, 0) is 4.79 Å². The molecular formula is C16H16ClN3O3. The predicted molar refractivity (Wildman–Crippen MR) is 88.0 cm³/mol. The molecule has 2 N–H and O–H groups in total. The average molecular weight is 334 g/mol. The monoisotopic (exact) mass is 333 g/mol. The molecule has 0 radical (unpaired) electrons. The Morgan fingerprint density at radius 2 is 2.04 bits per heavy atom. The Bertz CT molecular complexity index is 721. The summed E-state index contributed by atoms with van der Waals surface area (Å²) in [6, 6.07) is 10.4. The summed E-state index contributed by atoms with van der Waals surface area (Å²) < 4.78 is 11.2. The molecule has 1 amide bonds. The number of amides is 1. The van der Waals surface area contributed by atoms with E-state index in [2.05, 4.69) is 4.98 Å². The number of aromatic nitrogens is 1. The second kappa shape index (κ2) is 6.34. The van der Waals surface area contributed by atoms with Crippen LogP contribution in [-0.4, -0.2) is 30.1 Å². The fourth-order valence-electron chi connectivity index (χ4n) is 2.30. The first kappa shape index (κ1) is 15.4. The van der Waals surface area contributed by atoms with Crippen LogP contribution in [0, 0.1) is 0 Å². The molecule has 0 bridgehead atoms. The molecule has 2 heterocycles. The number of carbonyl (C=O) groups excluding carboxylic acids is 1. The molecule has 1 aliphatic heterocycles. The molecule has 6 nitrogen and oxygen atoms in total. The molecule has 0 saturated heterocycles. The number of nitrogen functional groups attached to an aromatic ring is 1. The highest BCUT2D eigenvalue weighted by Gasteiger charge is 2.32. The van der Waals surface area contributed by atoms with Crippen molar-refractivity contribution in [2.45, 2.75) is 13.0 Å². The second-order valence-corrected chi connectivity index (χ2v) is 5.55. The number of pyridine rings is 1. The number of ether oxygens (including phenoxy) is 2. The lowest BCUT2D eigenvalue weighted by Crippen LogP contribution is -2.46. The minimum absolute atomic E-state index is 0.171. The molecule has 120 valence electrons. The molecule has 23 heavy (non-hydrogen) atoms. The number of hydrogen-bond acceptors (Lipinski definition) is 5. The summed E-state index contributed by atoms with van der Waals surface area (Å²) in [5, 5.41) is 0.642. The Hall–Kier alpha value is -2.47. The van der Waals surface area contributed by atoms with Crippen molar-refractivity contribution in [2.24, 2.45) is 0 Å². The van der Waals surface area contributed by atoms with Crippen LogP contribution in [0.25, 0.3) is 0 Å². The van der Waals surface area contributed by atoms with Crippen molar-refractivity contribution < 1.29 is 14.3 Å². The van der Waals surface area contributed by atoms with E-state index < -0.39 is 6.10 Å². The van der Waals surface area contributed by atoms with E-state index in [0.29, 0.717) is 41.3 Å². The molecule has 1 atom stereocenters. The van der Waals surface area contributed by atoms with Crippen molar-refractivity contribution >= 4 is 29.1 Å². The number of hydrogen-bond donors (Lipinski definition) is 1. The third kappa shape index (κ3) is 3.32. The maximum Gasteiger partial charge on any atom is 0.269 e. The van der Waals surface area contributed by atoms with Gasteiger partial charge in [-0.1, -0.05) is 11.6 Å². The Kier molecular flexibility index (Phi) is 4.25. The number of benzene rings is 1. The average Bonchev–Trinajstić information content (AvgIpc) is 2.53. The third-order valence-electron chi connectivity index (χ3n) is 3.43. The van der Waals surface area contributed by atoms with Crippen molar-refractivity contribution in [3.63, 3.8) is 0 Å².